The van der Waals surface area contributed by atoms with Gasteiger partial charge in [0.15, 0.2) is 0 Å². The predicted octanol–water partition coefficient (Wildman–Crippen LogP) is 3.79. The van der Waals surface area contributed by atoms with Gasteiger partial charge in [0, 0.05) is 38.6 Å². The Hall–Kier alpha value is -2.85. The van der Waals surface area contributed by atoms with Gasteiger partial charge in [0.1, 0.15) is 0 Å². The molecule has 0 saturated carbocycles. The Kier molecular flexibility index (Phi) is 5.81. The molecule has 0 spiro atoms. The fraction of sp³-hybridized carbons (Fsp3) is 0.320. The minimum atomic E-state index is 0.0761. The van der Waals surface area contributed by atoms with Gasteiger partial charge >= 0.3 is 0 Å². The number of nitrogens with one attached hydrogen (secondary N) is 1. The van der Waals surface area contributed by atoms with Crippen LogP contribution in [0.4, 0.5) is 0 Å². The van der Waals surface area contributed by atoms with Gasteiger partial charge in [-0.05, 0) is 42.2 Å². The molecular formula is C25H29N3O. The number of hydrogen-bond acceptors (Lipinski definition) is 2. The van der Waals surface area contributed by atoms with Gasteiger partial charge in [0.05, 0.1) is 12.5 Å². The largest absolute Gasteiger partial charge is 0.354 e. The number of rotatable bonds is 6. The standard InChI is InChI=1S/C25H29N3O/c1-19-7-5-8-20(15-19)16-25(29)26-17-24(23-11-6-13-27(23)2)28-14-12-21-9-3-4-10-22(21)18-28/h3-11,13,15,24H,12,14,16-18H2,1-2H3,(H,26,29)/t24-/m0/s1. The molecule has 1 aliphatic rings. The van der Waals surface area contributed by atoms with Crippen LogP contribution in [0, 0.1) is 6.92 Å². The molecule has 3 aromatic rings. The highest BCUT2D eigenvalue weighted by atomic mass is 16.1. The molecule has 2 heterocycles. The Morgan fingerprint density at radius 1 is 1.07 bits per heavy atom. The molecule has 0 saturated heterocycles. The number of hydrogen-bond donors (Lipinski definition) is 1. The summed E-state index contributed by atoms with van der Waals surface area (Å²) in [5.41, 5.74) is 6.32. The molecule has 4 heteroatoms. The van der Waals surface area contributed by atoms with E-state index in [0.717, 1.165) is 25.1 Å². The van der Waals surface area contributed by atoms with E-state index >= 15 is 0 Å². The Labute approximate surface area is 173 Å². The van der Waals surface area contributed by atoms with Crippen molar-refractivity contribution in [2.75, 3.05) is 13.1 Å². The zero-order chi connectivity index (χ0) is 20.2. The third-order valence-corrected chi connectivity index (χ3v) is 5.87. The molecule has 0 bridgehead atoms. The van der Waals surface area contributed by atoms with Crippen molar-refractivity contribution in [1.29, 1.82) is 0 Å². The van der Waals surface area contributed by atoms with Crippen LogP contribution < -0.4 is 5.32 Å². The maximum Gasteiger partial charge on any atom is 0.224 e. The number of carbonyl (C=O) groups is 1. The number of aryl methyl sites for hydroxylation is 2. The van der Waals surface area contributed by atoms with Crippen molar-refractivity contribution in [3.8, 4) is 0 Å². The van der Waals surface area contributed by atoms with Crippen LogP contribution in [0.15, 0.2) is 66.9 Å². The minimum absolute atomic E-state index is 0.0761. The van der Waals surface area contributed by atoms with Gasteiger partial charge in [-0.1, -0.05) is 54.1 Å². The van der Waals surface area contributed by atoms with Crippen molar-refractivity contribution in [2.45, 2.75) is 32.4 Å². The number of nitrogens with zero attached hydrogens (tertiary/aromatic N) is 2. The van der Waals surface area contributed by atoms with Crippen LogP contribution in [-0.4, -0.2) is 28.5 Å². The highest BCUT2D eigenvalue weighted by Gasteiger charge is 2.26. The Bertz CT molecular complexity index is 991. The number of amides is 1. The fourth-order valence-electron chi connectivity index (χ4n) is 4.31. The molecule has 1 N–H and O–H groups in total. The van der Waals surface area contributed by atoms with E-state index in [4.69, 9.17) is 0 Å². The van der Waals surface area contributed by atoms with Crippen molar-refractivity contribution < 1.29 is 4.79 Å². The van der Waals surface area contributed by atoms with Crippen molar-refractivity contribution in [2.24, 2.45) is 7.05 Å². The first kappa shape index (κ1) is 19.5. The molecule has 4 nitrogen and oxygen atoms in total. The summed E-state index contributed by atoms with van der Waals surface area (Å²) in [7, 11) is 2.08. The van der Waals surface area contributed by atoms with Gasteiger partial charge in [-0.25, -0.2) is 0 Å². The summed E-state index contributed by atoms with van der Waals surface area (Å²) in [4.78, 5) is 15.1. The minimum Gasteiger partial charge on any atom is -0.354 e. The molecule has 1 amide bonds. The molecule has 1 aromatic heterocycles. The third kappa shape index (κ3) is 4.60. The second-order valence-corrected chi connectivity index (χ2v) is 8.02. The first-order valence-corrected chi connectivity index (χ1v) is 10.3. The van der Waals surface area contributed by atoms with E-state index in [0.29, 0.717) is 13.0 Å². The van der Waals surface area contributed by atoms with Crippen LogP contribution in [-0.2, 0) is 31.2 Å². The summed E-state index contributed by atoms with van der Waals surface area (Å²) < 4.78 is 2.16. The quantitative estimate of drug-likeness (QED) is 0.699. The lowest BCUT2D eigenvalue weighted by Crippen LogP contribution is -2.41. The number of fused-ring (bicyclic) bond motifs is 1. The van der Waals surface area contributed by atoms with Crippen LogP contribution in [0.1, 0.15) is 34.0 Å². The summed E-state index contributed by atoms with van der Waals surface area (Å²) in [6, 6.07) is 21.2. The van der Waals surface area contributed by atoms with Crippen molar-refractivity contribution in [1.82, 2.24) is 14.8 Å². The second kappa shape index (κ2) is 8.66. The van der Waals surface area contributed by atoms with Gasteiger partial charge in [-0.3, -0.25) is 9.69 Å². The number of aromatic nitrogens is 1. The molecule has 150 valence electrons. The molecule has 0 unspecified atom stereocenters. The molecular weight excluding hydrogens is 358 g/mol. The highest BCUT2D eigenvalue weighted by molar-refractivity contribution is 5.78. The van der Waals surface area contributed by atoms with Crippen LogP contribution in [0.5, 0.6) is 0 Å². The Balaban J connectivity index is 1.47. The molecule has 0 radical (unpaired) electrons. The van der Waals surface area contributed by atoms with Gasteiger partial charge in [0.2, 0.25) is 5.91 Å². The van der Waals surface area contributed by atoms with Crippen LogP contribution >= 0.6 is 0 Å². The third-order valence-electron chi connectivity index (χ3n) is 5.87. The highest BCUT2D eigenvalue weighted by Crippen LogP contribution is 2.27. The summed E-state index contributed by atoms with van der Waals surface area (Å²) in [5.74, 6) is 0.0761. The predicted molar refractivity (Wildman–Crippen MR) is 117 cm³/mol. The van der Waals surface area contributed by atoms with Gasteiger partial charge < -0.3 is 9.88 Å². The smallest absolute Gasteiger partial charge is 0.224 e. The molecule has 4 rings (SSSR count). The molecule has 2 aromatic carbocycles. The van der Waals surface area contributed by atoms with E-state index in [1.54, 1.807) is 0 Å². The average Bonchev–Trinajstić information content (AvgIpc) is 3.14. The SMILES string of the molecule is Cc1cccc(CC(=O)NC[C@@H](c2cccn2C)N2CCc3ccccc3C2)c1. The topological polar surface area (TPSA) is 37.3 Å². The molecule has 29 heavy (non-hydrogen) atoms. The monoisotopic (exact) mass is 387 g/mol. The molecule has 0 aliphatic carbocycles. The second-order valence-electron chi connectivity index (χ2n) is 8.02. The summed E-state index contributed by atoms with van der Waals surface area (Å²) in [5, 5.41) is 3.19. The van der Waals surface area contributed by atoms with Crippen LogP contribution in [0.25, 0.3) is 0 Å². The van der Waals surface area contributed by atoms with Gasteiger partial charge in [0.25, 0.3) is 0 Å². The maximum absolute atomic E-state index is 12.6. The van der Waals surface area contributed by atoms with E-state index in [1.165, 1.54) is 22.4 Å². The average molecular weight is 388 g/mol. The lowest BCUT2D eigenvalue weighted by Gasteiger charge is -2.36. The number of carbonyl (C=O) groups excluding carboxylic acids is 1. The van der Waals surface area contributed by atoms with E-state index in [2.05, 4.69) is 83.5 Å². The van der Waals surface area contributed by atoms with E-state index in [-0.39, 0.29) is 11.9 Å². The maximum atomic E-state index is 12.6. The molecule has 1 atom stereocenters. The zero-order valence-corrected chi connectivity index (χ0v) is 17.3. The molecule has 0 fully saturated rings. The van der Waals surface area contributed by atoms with Gasteiger partial charge in [-0.2, -0.15) is 0 Å². The van der Waals surface area contributed by atoms with Crippen molar-refractivity contribution in [3.05, 3.63) is 94.8 Å². The van der Waals surface area contributed by atoms with Crippen LogP contribution in [0.2, 0.25) is 0 Å². The van der Waals surface area contributed by atoms with E-state index in [9.17, 15) is 4.79 Å². The first-order valence-electron chi connectivity index (χ1n) is 10.3. The van der Waals surface area contributed by atoms with E-state index in [1.807, 2.05) is 12.1 Å². The van der Waals surface area contributed by atoms with Crippen molar-refractivity contribution >= 4 is 5.91 Å². The normalized spacial score (nSPS) is 15.0. The Morgan fingerprint density at radius 3 is 2.66 bits per heavy atom. The lowest BCUT2D eigenvalue weighted by atomic mass is 9.97. The van der Waals surface area contributed by atoms with E-state index < -0.39 is 0 Å². The van der Waals surface area contributed by atoms with Gasteiger partial charge in [-0.15, -0.1) is 0 Å². The summed E-state index contributed by atoms with van der Waals surface area (Å²) in [6.07, 6.45) is 3.55. The lowest BCUT2D eigenvalue weighted by molar-refractivity contribution is -0.120. The molecule has 1 aliphatic heterocycles. The zero-order valence-electron chi connectivity index (χ0n) is 17.3. The first-order chi connectivity index (χ1) is 14.1. The summed E-state index contributed by atoms with van der Waals surface area (Å²) in [6.45, 7) is 4.59. The fourth-order valence-corrected chi connectivity index (χ4v) is 4.31. The van der Waals surface area contributed by atoms with Crippen molar-refractivity contribution in [3.63, 3.8) is 0 Å². The Morgan fingerprint density at radius 2 is 1.90 bits per heavy atom. The summed E-state index contributed by atoms with van der Waals surface area (Å²) >= 11 is 0. The number of benzene rings is 2. The van der Waals surface area contributed by atoms with Crippen LogP contribution in [0.3, 0.4) is 0 Å².